The molecule has 132 valence electrons. The van der Waals surface area contributed by atoms with Crippen molar-refractivity contribution in [1.29, 1.82) is 0 Å². The number of aromatic nitrogens is 1. The van der Waals surface area contributed by atoms with Gasteiger partial charge in [-0.25, -0.2) is 4.79 Å². The van der Waals surface area contributed by atoms with E-state index in [9.17, 15) is 4.79 Å². The summed E-state index contributed by atoms with van der Waals surface area (Å²) in [5.41, 5.74) is 4.80. The highest BCUT2D eigenvalue weighted by molar-refractivity contribution is 5.98. The number of fused-ring (bicyclic) bond motifs is 1. The van der Waals surface area contributed by atoms with Gasteiger partial charge in [-0.1, -0.05) is 12.1 Å². The van der Waals surface area contributed by atoms with E-state index in [2.05, 4.69) is 28.1 Å². The van der Waals surface area contributed by atoms with Crippen molar-refractivity contribution in [2.75, 3.05) is 25.1 Å². The molecule has 0 aliphatic carbocycles. The molecule has 0 saturated carbocycles. The standard InChI is InChI=1S/C21H20N2O3/c1-26-17-5-3-16(4-6-17)23-10-8-14(9-11-23)19-13-22-20-12-15(21(24)25)2-7-18(19)20/h2-8,12-13,22H,9-11H2,1H3,(H,24,25). The van der Waals surface area contributed by atoms with E-state index in [1.807, 2.05) is 24.4 Å². The molecule has 5 heteroatoms. The Labute approximate surface area is 151 Å². The maximum Gasteiger partial charge on any atom is 0.335 e. The molecule has 5 nitrogen and oxygen atoms in total. The smallest absolute Gasteiger partial charge is 0.335 e. The van der Waals surface area contributed by atoms with E-state index in [4.69, 9.17) is 9.84 Å². The number of aromatic carboxylic acids is 1. The van der Waals surface area contributed by atoms with Crippen LogP contribution in [-0.2, 0) is 0 Å². The number of hydrogen-bond acceptors (Lipinski definition) is 3. The Morgan fingerprint density at radius 3 is 2.65 bits per heavy atom. The van der Waals surface area contributed by atoms with Crippen molar-refractivity contribution in [3.63, 3.8) is 0 Å². The van der Waals surface area contributed by atoms with E-state index in [-0.39, 0.29) is 0 Å². The molecule has 0 radical (unpaired) electrons. The number of aromatic amines is 1. The number of carboxylic acid groups (broad SMARTS) is 1. The lowest BCUT2D eigenvalue weighted by atomic mass is 9.98. The van der Waals surface area contributed by atoms with Crippen LogP contribution in [0.3, 0.4) is 0 Å². The number of nitrogens with one attached hydrogen (secondary N) is 1. The van der Waals surface area contributed by atoms with Gasteiger partial charge in [-0.05, 0) is 48.4 Å². The largest absolute Gasteiger partial charge is 0.497 e. The van der Waals surface area contributed by atoms with Crippen molar-refractivity contribution >= 4 is 28.1 Å². The minimum Gasteiger partial charge on any atom is -0.497 e. The van der Waals surface area contributed by atoms with Crippen LogP contribution in [0.15, 0.2) is 54.7 Å². The Morgan fingerprint density at radius 2 is 2.00 bits per heavy atom. The number of H-pyrrole nitrogens is 1. The molecule has 2 heterocycles. The zero-order valence-corrected chi connectivity index (χ0v) is 14.5. The lowest BCUT2D eigenvalue weighted by Gasteiger charge is -2.28. The fourth-order valence-corrected chi connectivity index (χ4v) is 3.47. The molecular weight excluding hydrogens is 328 g/mol. The van der Waals surface area contributed by atoms with Gasteiger partial charge >= 0.3 is 5.97 Å². The third-order valence-electron chi connectivity index (χ3n) is 4.92. The summed E-state index contributed by atoms with van der Waals surface area (Å²) in [5, 5.41) is 10.2. The number of carboxylic acids is 1. The first kappa shape index (κ1) is 16.3. The third-order valence-corrected chi connectivity index (χ3v) is 4.92. The van der Waals surface area contributed by atoms with Crippen molar-refractivity contribution in [3.05, 3.63) is 65.9 Å². The first-order chi connectivity index (χ1) is 12.7. The van der Waals surface area contributed by atoms with E-state index in [1.54, 1.807) is 19.2 Å². The van der Waals surface area contributed by atoms with Gasteiger partial charge in [0.25, 0.3) is 0 Å². The minimum atomic E-state index is -0.907. The van der Waals surface area contributed by atoms with Crippen molar-refractivity contribution in [2.45, 2.75) is 6.42 Å². The molecular formula is C21H20N2O3. The molecule has 2 aromatic carbocycles. The first-order valence-corrected chi connectivity index (χ1v) is 8.58. The number of benzene rings is 2. The summed E-state index contributed by atoms with van der Waals surface area (Å²) < 4.78 is 5.22. The molecule has 2 N–H and O–H groups in total. The van der Waals surface area contributed by atoms with Gasteiger partial charge in [0, 0.05) is 41.4 Å². The molecule has 0 fully saturated rings. The molecule has 0 atom stereocenters. The molecule has 1 aromatic heterocycles. The second-order valence-electron chi connectivity index (χ2n) is 6.39. The van der Waals surface area contributed by atoms with Crippen LogP contribution < -0.4 is 9.64 Å². The zero-order valence-electron chi connectivity index (χ0n) is 14.5. The predicted molar refractivity (Wildman–Crippen MR) is 103 cm³/mol. The topological polar surface area (TPSA) is 65.6 Å². The molecule has 0 saturated heterocycles. The Kier molecular flexibility index (Phi) is 4.13. The highest BCUT2D eigenvalue weighted by Gasteiger charge is 2.16. The highest BCUT2D eigenvalue weighted by Crippen LogP contribution is 2.31. The van der Waals surface area contributed by atoms with Gasteiger partial charge < -0.3 is 19.7 Å². The lowest BCUT2D eigenvalue weighted by molar-refractivity contribution is 0.0697. The number of ether oxygens (including phenoxy) is 1. The molecule has 0 amide bonds. The molecule has 4 rings (SSSR count). The second-order valence-corrected chi connectivity index (χ2v) is 6.39. The molecule has 1 aliphatic heterocycles. The second kappa shape index (κ2) is 6.59. The normalized spacial score (nSPS) is 14.3. The Bertz CT molecular complexity index is 986. The van der Waals surface area contributed by atoms with Gasteiger partial charge in [0.05, 0.1) is 12.7 Å². The first-order valence-electron chi connectivity index (χ1n) is 8.58. The van der Waals surface area contributed by atoms with Crippen LogP contribution in [0.25, 0.3) is 16.5 Å². The average Bonchev–Trinajstić information content (AvgIpc) is 3.11. The summed E-state index contributed by atoms with van der Waals surface area (Å²) in [5.74, 6) is -0.0448. The zero-order chi connectivity index (χ0) is 18.1. The summed E-state index contributed by atoms with van der Waals surface area (Å²) in [4.78, 5) is 16.7. The fraction of sp³-hybridized carbons (Fsp3) is 0.190. The predicted octanol–water partition coefficient (Wildman–Crippen LogP) is 4.17. The van der Waals surface area contributed by atoms with E-state index >= 15 is 0 Å². The maximum atomic E-state index is 11.1. The SMILES string of the molecule is COc1ccc(N2CC=C(c3c[nH]c4cc(C(=O)O)ccc34)CC2)cc1. The quantitative estimate of drug-likeness (QED) is 0.743. The average molecular weight is 348 g/mol. The number of hydrogen-bond donors (Lipinski definition) is 2. The minimum absolute atomic E-state index is 0.300. The van der Waals surface area contributed by atoms with Crippen LogP contribution >= 0.6 is 0 Å². The van der Waals surface area contributed by atoms with Crippen LogP contribution in [0, 0.1) is 0 Å². The van der Waals surface area contributed by atoms with E-state index in [1.165, 1.54) is 11.3 Å². The van der Waals surface area contributed by atoms with Gasteiger partial charge in [0.15, 0.2) is 0 Å². The lowest BCUT2D eigenvalue weighted by Crippen LogP contribution is -2.28. The van der Waals surface area contributed by atoms with Crippen LogP contribution in [0.4, 0.5) is 5.69 Å². The summed E-state index contributed by atoms with van der Waals surface area (Å²) in [6.07, 6.45) is 5.17. The van der Waals surface area contributed by atoms with Gasteiger partial charge in [-0.3, -0.25) is 0 Å². The molecule has 0 bridgehead atoms. The number of anilines is 1. The van der Waals surface area contributed by atoms with E-state index in [0.29, 0.717) is 5.56 Å². The number of carbonyl (C=O) groups is 1. The molecule has 0 unspecified atom stereocenters. The van der Waals surface area contributed by atoms with Gasteiger partial charge in [-0.15, -0.1) is 0 Å². The van der Waals surface area contributed by atoms with Gasteiger partial charge in [-0.2, -0.15) is 0 Å². The Balaban J connectivity index is 1.57. The van der Waals surface area contributed by atoms with Gasteiger partial charge in [0.1, 0.15) is 5.75 Å². The van der Waals surface area contributed by atoms with Crippen LogP contribution in [0.1, 0.15) is 22.3 Å². The van der Waals surface area contributed by atoms with Crippen LogP contribution in [0.5, 0.6) is 5.75 Å². The summed E-state index contributed by atoms with van der Waals surface area (Å²) in [6, 6.07) is 13.4. The number of nitrogens with zero attached hydrogens (tertiary/aromatic N) is 1. The summed E-state index contributed by atoms with van der Waals surface area (Å²) in [6.45, 7) is 1.79. The molecule has 3 aromatic rings. The fourth-order valence-electron chi connectivity index (χ4n) is 3.47. The van der Waals surface area contributed by atoms with Crippen LogP contribution in [-0.4, -0.2) is 36.3 Å². The summed E-state index contributed by atoms with van der Waals surface area (Å²) in [7, 11) is 1.67. The highest BCUT2D eigenvalue weighted by atomic mass is 16.5. The molecule has 1 aliphatic rings. The van der Waals surface area contributed by atoms with E-state index in [0.717, 1.165) is 41.7 Å². The number of rotatable bonds is 4. The van der Waals surface area contributed by atoms with E-state index < -0.39 is 5.97 Å². The van der Waals surface area contributed by atoms with Crippen molar-refractivity contribution in [3.8, 4) is 5.75 Å². The maximum absolute atomic E-state index is 11.1. The monoisotopic (exact) mass is 348 g/mol. The molecule has 0 spiro atoms. The van der Waals surface area contributed by atoms with Crippen LogP contribution in [0.2, 0.25) is 0 Å². The third kappa shape index (κ3) is 2.92. The van der Waals surface area contributed by atoms with Crippen molar-refractivity contribution in [1.82, 2.24) is 4.98 Å². The Hall–Kier alpha value is -3.21. The van der Waals surface area contributed by atoms with Crippen molar-refractivity contribution in [2.24, 2.45) is 0 Å². The van der Waals surface area contributed by atoms with Gasteiger partial charge in [0.2, 0.25) is 0 Å². The summed E-state index contributed by atoms with van der Waals surface area (Å²) >= 11 is 0. The van der Waals surface area contributed by atoms with Crippen molar-refractivity contribution < 1.29 is 14.6 Å². The Morgan fingerprint density at radius 1 is 1.19 bits per heavy atom. The molecule has 26 heavy (non-hydrogen) atoms. The number of methoxy groups -OCH3 is 1.